The lowest BCUT2D eigenvalue weighted by molar-refractivity contribution is -0.119. The number of fused-ring (bicyclic) bond motifs is 1. The molecule has 2 heterocycles. The van der Waals surface area contributed by atoms with Gasteiger partial charge in [0.2, 0.25) is 0 Å². The van der Waals surface area contributed by atoms with Crippen molar-refractivity contribution in [2.75, 3.05) is 19.6 Å². The van der Waals surface area contributed by atoms with Crippen LogP contribution in [0.3, 0.4) is 0 Å². The summed E-state index contributed by atoms with van der Waals surface area (Å²) in [5, 5.41) is 1.33. The number of nitrogens with zero attached hydrogens (tertiary/aromatic N) is 2. The van der Waals surface area contributed by atoms with Gasteiger partial charge >= 0.3 is 0 Å². The molecule has 4 rings (SSSR count). The molecule has 2 N–H and O–H groups in total. The minimum Gasteiger partial charge on any atom is -0.344 e. The number of unbranched alkanes of at least 4 members (excludes halogenated alkanes) is 1. The zero-order valence-corrected chi connectivity index (χ0v) is 21.0. The summed E-state index contributed by atoms with van der Waals surface area (Å²) >= 11 is 0. The van der Waals surface area contributed by atoms with Crippen LogP contribution < -0.4 is 5.73 Å². The van der Waals surface area contributed by atoms with E-state index < -0.39 is 0 Å². The first kappa shape index (κ1) is 24.5. The number of para-hydroxylation sites is 1. The Hall–Kier alpha value is -1.65. The third-order valence-electron chi connectivity index (χ3n) is 8.50. The summed E-state index contributed by atoms with van der Waals surface area (Å²) in [7, 11) is 0. The first-order valence-electron chi connectivity index (χ1n) is 13.6. The first-order chi connectivity index (χ1) is 16.1. The Morgan fingerprint density at radius 2 is 1.70 bits per heavy atom. The zero-order chi connectivity index (χ0) is 23.2. The Labute approximate surface area is 200 Å². The van der Waals surface area contributed by atoms with E-state index in [4.69, 9.17) is 5.73 Å². The molecule has 1 aliphatic heterocycles. The molecule has 33 heavy (non-hydrogen) atoms. The standard InChI is InChI=1S/C29H45N3O/c1-22(2)23-10-13-25(14-11-23)31-19-16-26(17-20-31)32-21-24(28-8-3-4-9-29(28)32)12-15-27(33)7-5-6-18-30/h3-4,8-9,21-23,25-26H,5-7,10-20,30H2,1-2H3. The molecule has 0 spiro atoms. The van der Waals surface area contributed by atoms with Crippen LogP contribution in [0, 0.1) is 11.8 Å². The van der Waals surface area contributed by atoms with Crippen molar-refractivity contribution in [3.8, 4) is 0 Å². The number of benzene rings is 1. The molecule has 182 valence electrons. The lowest BCUT2D eigenvalue weighted by atomic mass is 9.79. The van der Waals surface area contributed by atoms with Crippen molar-refractivity contribution in [3.63, 3.8) is 0 Å². The molecule has 1 saturated carbocycles. The van der Waals surface area contributed by atoms with Crippen molar-refractivity contribution in [2.45, 2.75) is 96.6 Å². The predicted molar refractivity (Wildman–Crippen MR) is 139 cm³/mol. The van der Waals surface area contributed by atoms with Crippen LogP contribution in [0.2, 0.25) is 0 Å². The third kappa shape index (κ3) is 6.08. The maximum absolute atomic E-state index is 12.3. The van der Waals surface area contributed by atoms with Gasteiger partial charge in [0.1, 0.15) is 5.78 Å². The second kappa shape index (κ2) is 11.7. The summed E-state index contributed by atoms with van der Waals surface area (Å²) in [6.07, 6.45) is 14.5. The molecule has 2 aliphatic rings. The van der Waals surface area contributed by atoms with E-state index in [9.17, 15) is 4.79 Å². The van der Waals surface area contributed by atoms with Crippen molar-refractivity contribution in [1.82, 2.24) is 9.47 Å². The van der Waals surface area contributed by atoms with Crippen LogP contribution in [0.5, 0.6) is 0 Å². The second-order valence-electron chi connectivity index (χ2n) is 10.9. The number of aryl methyl sites for hydroxylation is 1. The molecule has 0 atom stereocenters. The van der Waals surface area contributed by atoms with Crippen LogP contribution in [0.25, 0.3) is 10.9 Å². The summed E-state index contributed by atoms with van der Waals surface area (Å²) in [5.41, 5.74) is 8.25. The average molecular weight is 452 g/mol. The first-order valence-corrected chi connectivity index (χ1v) is 13.6. The molecule has 4 heteroatoms. The Kier molecular flexibility index (Phi) is 8.65. The van der Waals surface area contributed by atoms with Gasteiger partial charge in [-0.1, -0.05) is 32.0 Å². The topological polar surface area (TPSA) is 51.3 Å². The van der Waals surface area contributed by atoms with Gasteiger partial charge in [0, 0.05) is 55.1 Å². The maximum atomic E-state index is 12.3. The average Bonchev–Trinajstić information content (AvgIpc) is 3.22. The fraction of sp³-hybridized carbons (Fsp3) is 0.690. The highest BCUT2D eigenvalue weighted by Gasteiger charge is 2.30. The Morgan fingerprint density at radius 3 is 2.39 bits per heavy atom. The molecule has 0 unspecified atom stereocenters. The van der Waals surface area contributed by atoms with Crippen LogP contribution in [-0.4, -0.2) is 40.9 Å². The van der Waals surface area contributed by atoms with Gasteiger partial charge < -0.3 is 15.2 Å². The highest BCUT2D eigenvalue weighted by molar-refractivity contribution is 5.85. The van der Waals surface area contributed by atoms with Crippen molar-refractivity contribution >= 4 is 16.7 Å². The fourth-order valence-electron chi connectivity index (χ4n) is 6.31. The largest absolute Gasteiger partial charge is 0.344 e. The molecular formula is C29H45N3O. The van der Waals surface area contributed by atoms with E-state index in [-0.39, 0.29) is 0 Å². The molecule has 0 amide bonds. The number of piperidine rings is 1. The minimum atomic E-state index is 0.376. The van der Waals surface area contributed by atoms with Crippen molar-refractivity contribution < 1.29 is 4.79 Å². The van der Waals surface area contributed by atoms with Crippen LogP contribution in [0.4, 0.5) is 0 Å². The molecule has 1 aromatic heterocycles. The van der Waals surface area contributed by atoms with E-state index in [0.717, 1.165) is 37.1 Å². The molecule has 0 radical (unpaired) electrons. The normalized spacial score (nSPS) is 22.9. The Morgan fingerprint density at radius 1 is 0.970 bits per heavy atom. The molecule has 2 fully saturated rings. The lowest BCUT2D eigenvalue weighted by Crippen LogP contribution is -2.43. The van der Waals surface area contributed by atoms with Gasteiger partial charge in [-0.05, 0) is 87.8 Å². The zero-order valence-electron chi connectivity index (χ0n) is 21.0. The fourth-order valence-corrected chi connectivity index (χ4v) is 6.31. The highest BCUT2D eigenvalue weighted by atomic mass is 16.1. The van der Waals surface area contributed by atoms with Gasteiger partial charge in [0.15, 0.2) is 0 Å². The van der Waals surface area contributed by atoms with Crippen molar-refractivity contribution in [1.29, 1.82) is 0 Å². The van der Waals surface area contributed by atoms with E-state index in [2.05, 4.69) is 53.8 Å². The molecule has 2 aromatic rings. The smallest absolute Gasteiger partial charge is 0.133 e. The maximum Gasteiger partial charge on any atom is 0.133 e. The van der Waals surface area contributed by atoms with E-state index in [1.165, 1.54) is 68.1 Å². The number of hydrogen-bond acceptors (Lipinski definition) is 3. The van der Waals surface area contributed by atoms with Crippen molar-refractivity contribution in [3.05, 3.63) is 36.0 Å². The monoisotopic (exact) mass is 451 g/mol. The number of ketones is 1. The van der Waals surface area contributed by atoms with Gasteiger partial charge in [-0.15, -0.1) is 0 Å². The van der Waals surface area contributed by atoms with Crippen LogP contribution in [0.1, 0.15) is 89.7 Å². The number of carbonyl (C=O) groups excluding carboxylic acids is 1. The summed E-state index contributed by atoms with van der Waals surface area (Å²) in [6.45, 7) is 7.92. The highest BCUT2D eigenvalue weighted by Crippen LogP contribution is 2.36. The Bertz CT molecular complexity index is 885. The molecule has 1 aromatic carbocycles. The molecular weight excluding hydrogens is 406 g/mol. The van der Waals surface area contributed by atoms with Gasteiger partial charge in [0.25, 0.3) is 0 Å². The van der Waals surface area contributed by atoms with Gasteiger partial charge in [-0.25, -0.2) is 0 Å². The minimum absolute atomic E-state index is 0.376. The van der Waals surface area contributed by atoms with E-state index >= 15 is 0 Å². The van der Waals surface area contributed by atoms with Gasteiger partial charge in [-0.3, -0.25) is 4.79 Å². The van der Waals surface area contributed by atoms with Crippen LogP contribution in [-0.2, 0) is 11.2 Å². The van der Waals surface area contributed by atoms with E-state index in [1.807, 2.05) is 0 Å². The number of hydrogen-bond donors (Lipinski definition) is 1. The predicted octanol–water partition coefficient (Wildman–Crippen LogP) is 6.12. The van der Waals surface area contributed by atoms with Gasteiger partial charge in [0.05, 0.1) is 0 Å². The summed E-state index contributed by atoms with van der Waals surface area (Å²) < 4.78 is 2.54. The number of carbonyl (C=O) groups is 1. The van der Waals surface area contributed by atoms with E-state index in [1.54, 1.807) is 0 Å². The van der Waals surface area contributed by atoms with Crippen LogP contribution >= 0.6 is 0 Å². The molecule has 0 bridgehead atoms. The lowest BCUT2D eigenvalue weighted by Gasteiger charge is -2.42. The number of rotatable bonds is 10. The SMILES string of the molecule is CC(C)C1CCC(N2CCC(n3cc(CCC(=O)CCCCN)c4ccccc43)CC2)CC1. The second-order valence-corrected chi connectivity index (χ2v) is 10.9. The van der Waals surface area contributed by atoms with E-state index in [0.29, 0.717) is 31.2 Å². The molecule has 1 saturated heterocycles. The summed E-state index contributed by atoms with van der Waals surface area (Å²) in [6, 6.07) is 10.2. The number of Topliss-reactive ketones (excluding diaryl/α,β-unsaturated/α-hetero) is 1. The number of aromatic nitrogens is 1. The number of likely N-dealkylation sites (tertiary alicyclic amines) is 1. The number of nitrogens with two attached hydrogens (primary N) is 1. The molecule has 1 aliphatic carbocycles. The van der Waals surface area contributed by atoms with Crippen LogP contribution in [0.15, 0.2) is 30.5 Å². The van der Waals surface area contributed by atoms with Crippen molar-refractivity contribution in [2.24, 2.45) is 17.6 Å². The third-order valence-corrected chi connectivity index (χ3v) is 8.50. The quantitative estimate of drug-likeness (QED) is 0.443. The summed E-state index contributed by atoms with van der Waals surface area (Å²) in [4.78, 5) is 15.1. The molecule has 4 nitrogen and oxygen atoms in total. The Balaban J connectivity index is 1.36. The van der Waals surface area contributed by atoms with Gasteiger partial charge in [-0.2, -0.15) is 0 Å². The summed E-state index contributed by atoms with van der Waals surface area (Å²) in [5.74, 6) is 2.16.